The van der Waals surface area contributed by atoms with E-state index >= 15 is 0 Å². The van der Waals surface area contributed by atoms with Crippen LogP contribution in [-0.2, 0) is 0 Å². The monoisotopic (exact) mass is 344 g/mol. The molecule has 1 saturated heterocycles. The molecule has 0 aliphatic carbocycles. The molecule has 1 amide bonds. The quantitative estimate of drug-likeness (QED) is 0.879. The zero-order valence-corrected chi connectivity index (χ0v) is 14.4. The van der Waals surface area contributed by atoms with E-state index in [-0.39, 0.29) is 5.91 Å². The Kier molecular flexibility index (Phi) is 5.38. The molecule has 1 aliphatic rings. The van der Waals surface area contributed by atoms with Crippen LogP contribution in [0.3, 0.4) is 0 Å². The van der Waals surface area contributed by atoms with Crippen molar-refractivity contribution in [1.29, 1.82) is 0 Å². The molecular formula is C19H21ClN2O2. The Hall–Kier alpha value is -2.04. The molecule has 1 atom stereocenters. The van der Waals surface area contributed by atoms with Gasteiger partial charge in [0.05, 0.1) is 12.1 Å². The van der Waals surface area contributed by atoms with Crippen molar-refractivity contribution >= 4 is 23.2 Å². The molecule has 0 unspecified atom stereocenters. The van der Waals surface area contributed by atoms with Gasteiger partial charge in [-0.25, -0.2) is 0 Å². The summed E-state index contributed by atoms with van der Waals surface area (Å²) < 4.78 is 5.10. The van der Waals surface area contributed by atoms with E-state index in [0.717, 1.165) is 18.8 Å². The third-order valence-electron chi connectivity index (χ3n) is 4.35. The Morgan fingerprint density at radius 2 is 2.04 bits per heavy atom. The van der Waals surface area contributed by atoms with Crippen LogP contribution < -0.4 is 15.4 Å². The molecule has 0 spiro atoms. The first kappa shape index (κ1) is 16.8. The fraction of sp³-hybridized carbons (Fsp3) is 0.316. The Balaban J connectivity index is 1.67. The van der Waals surface area contributed by atoms with E-state index in [4.69, 9.17) is 16.3 Å². The minimum Gasteiger partial charge on any atom is -0.495 e. The summed E-state index contributed by atoms with van der Waals surface area (Å²) in [5.74, 6) is 0.925. The average molecular weight is 345 g/mol. The average Bonchev–Trinajstić information content (AvgIpc) is 2.63. The fourth-order valence-corrected chi connectivity index (χ4v) is 3.24. The van der Waals surface area contributed by atoms with E-state index in [9.17, 15) is 4.79 Å². The number of halogens is 1. The van der Waals surface area contributed by atoms with Crippen LogP contribution in [0.4, 0.5) is 5.69 Å². The highest BCUT2D eigenvalue weighted by molar-refractivity contribution is 6.32. The first-order chi connectivity index (χ1) is 11.7. The van der Waals surface area contributed by atoms with Gasteiger partial charge in [0.1, 0.15) is 5.75 Å². The van der Waals surface area contributed by atoms with Gasteiger partial charge in [-0.3, -0.25) is 4.79 Å². The number of hydrogen-bond donors (Lipinski definition) is 2. The molecule has 1 aliphatic heterocycles. The normalized spacial score (nSPS) is 17.3. The lowest BCUT2D eigenvalue weighted by Gasteiger charge is -2.23. The molecule has 0 aromatic heterocycles. The Morgan fingerprint density at radius 3 is 2.67 bits per heavy atom. The largest absolute Gasteiger partial charge is 0.495 e. The molecule has 1 heterocycles. The van der Waals surface area contributed by atoms with Crippen molar-refractivity contribution in [1.82, 2.24) is 5.32 Å². The number of ether oxygens (including phenoxy) is 1. The van der Waals surface area contributed by atoms with Crippen molar-refractivity contribution < 1.29 is 9.53 Å². The van der Waals surface area contributed by atoms with E-state index in [1.165, 1.54) is 18.4 Å². The molecule has 0 saturated carbocycles. The van der Waals surface area contributed by atoms with E-state index in [1.54, 1.807) is 25.3 Å². The highest BCUT2D eigenvalue weighted by Crippen LogP contribution is 2.26. The minimum atomic E-state index is -0.188. The van der Waals surface area contributed by atoms with E-state index in [0.29, 0.717) is 22.3 Å². The summed E-state index contributed by atoms with van der Waals surface area (Å²) in [5.41, 5.74) is 2.59. The minimum absolute atomic E-state index is 0.188. The summed E-state index contributed by atoms with van der Waals surface area (Å²) in [6.45, 7) is 2.13. The smallest absolute Gasteiger partial charge is 0.255 e. The van der Waals surface area contributed by atoms with Crippen molar-refractivity contribution in [2.45, 2.75) is 18.8 Å². The molecule has 2 aromatic carbocycles. The van der Waals surface area contributed by atoms with Crippen LogP contribution >= 0.6 is 11.6 Å². The molecule has 5 heteroatoms. The second-order valence-electron chi connectivity index (χ2n) is 5.97. The summed E-state index contributed by atoms with van der Waals surface area (Å²) in [6.07, 6.45) is 2.42. The number of amides is 1. The van der Waals surface area contributed by atoms with Crippen molar-refractivity contribution in [3.05, 3.63) is 58.6 Å². The van der Waals surface area contributed by atoms with Crippen LogP contribution in [0.2, 0.25) is 5.02 Å². The van der Waals surface area contributed by atoms with Crippen molar-refractivity contribution in [2.24, 2.45) is 0 Å². The Labute approximate surface area is 147 Å². The van der Waals surface area contributed by atoms with Gasteiger partial charge in [-0.2, -0.15) is 0 Å². The molecule has 3 rings (SSSR count). The van der Waals surface area contributed by atoms with Crippen LogP contribution in [0.5, 0.6) is 5.75 Å². The van der Waals surface area contributed by atoms with Gasteiger partial charge < -0.3 is 15.4 Å². The molecule has 2 aromatic rings. The van der Waals surface area contributed by atoms with Gasteiger partial charge >= 0.3 is 0 Å². The van der Waals surface area contributed by atoms with Gasteiger partial charge in [0, 0.05) is 17.8 Å². The molecular weight excluding hydrogens is 324 g/mol. The van der Waals surface area contributed by atoms with Gasteiger partial charge in [-0.05, 0) is 61.2 Å². The Morgan fingerprint density at radius 1 is 1.25 bits per heavy atom. The number of carbonyl (C=O) groups is 1. The predicted octanol–water partition coefficient (Wildman–Crippen LogP) is 4.07. The number of methoxy groups -OCH3 is 1. The zero-order chi connectivity index (χ0) is 16.9. The highest BCUT2D eigenvalue weighted by Gasteiger charge is 2.15. The molecule has 2 N–H and O–H groups in total. The Bertz CT molecular complexity index is 710. The molecule has 126 valence electrons. The third-order valence-corrected chi connectivity index (χ3v) is 4.65. The van der Waals surface area contributed by atoms with Crippen molar-refractivity contribution in [3.63, 3.8) is 0 Å². The summed E-state index contributed by atoms with van der Waals surface area (Å²) in [4.78, 5) is 12.3. The maximum absolute atomic E-state index is 12.3. The first-order valence-corrected chi connectivity index (χ1v) is 8.51. The number of hydrogen-bond acceptors (Lipinski definition) is 3. The summed E-state index contributed by atoms with van der Waals surface area (Å²) in [5, 5.41) is 6.74. The fourth-order valence-electron chi connectivity index (χ4n) is 2.99. The molecule has 24 heavy (non-hydrogen) atoms. The second-order valence-corrected chi connectivity index (χ2v) is 6.38. The van der Waals surface area contributed by atoms with Crippen molar-refractivity contribution in [2.75, 3.05) is 25.5 Å². The SMILES string of the molecule is COc1ccc(C(=O)Nc2ccc([C@H]3CCCNC3)cc2)cc1Cl. The van der Waals surface area contributed by atoms with Gasteiger partial charge in [-0.1, -0.05) is 23.7 Å². The zero-order valence-electron chi connectivity index (χ0n) is 13.6. The van der Waals surface area contributed by atoms with Crippen LogP contribution in [0.15, 0.2) is 42.5 Å². The molecule has 0 bridgehead atoms. The highest BCUT2D eigenvalue weighted by atomic mass is 35.5. The van der Waals surface area contributed by atoms with Gasteiger partial charge in [0.25, 0.3) is 5.91 Å². The topological polar surface area (TPSA) is 50.4 Å². The molecule has 4 nitrogen and oxygen atoms in total. The standard InChI is InChI=1S/C19H21ClN2O2/c1-24-18-9-6-14(11-17(18)20)19(23)22-16-7-4-13(5-8-16)15-3-2-10-21-12-15/h4-9,11,15,21H,2-3,10,12H2,1H3,(H,22,23)/t15-/m0/s1. The number of rotatable bonds is 4. The summed E-state index contributed by atoms with van der Waals surface area (Å²) in [6, 6.07) is 13.1. The van der Waals surface area contributed by atoms with E-state index < -0.39 is 0 Å². The number of carbonyl (C=O) groups excluding carboxylic acids is 1. The summed E-state index contributed by atoms with van der Waals surface area (Å²) >= 11 is 6.07. The lowest BCUT2D eigenvalue weighted by Crippen LogP contribution is -2.28. The summed E-state index contributed by atoms with van der Waals surface area (Å²) in [7, 11) is 1.55. The number of piperidine rings is 1. The van der Waals surface area contributed by atoms with Crippen LogP contribution in [0.25, 0.3) is 0 Å². The van der Waals surface area contributed by atoms with E-state index in [1.807, 2.05) is 12.1 Å². The van der Waals surface area contributed by atoms with Gasteiger partial charge in [0.15, 0.2) is 0 Å². The van der Waals surface area contributed by atoms with Gasteiger partial charge in [-0.15, -0.1) is 0 Å². The third kappa shape index (κ3) is 3.89. The lowest BCUT2D eigenvalue weighted by molar-refractivity contribution is 0.102. The number of anilines is 1. The number of benzene rings is 2. The predicted molar refractivity (Wildman–Crippen MR) is 97.2 cm³/mol. The number of nitrogens with one attached hydrogen (secondary N) is 2. The maximum atomic E-state index is 12.3. The van der Waals surface area contributed by atoms with Gasteiger partial charge in [0.2, 0.25) is 0 Å². The second kappa shape index (κ2) is 7.69. The molecule has 1 fully saturated rings. The van der Waals surface area contributed by atoms with E-state index in [2.05, 4.69) is 22.8 Å². The molecule has 0 radical (unpaired) electrons. The van der Waals surface area contributed by atoms with Crippen LogP contribution in [0, 0.1) is 0 Å². The lowest BCUT2D eigenvalue weighted by atomic mass is 9.91. The van der Waals surface area contributed by atoms with Crippen LogP contribution in [0.1, 0.15) is 34.7 Å². The maximum Gasteiger partial charge on any atom is 0.255 e. The van der Waals surface area contributed by atoms with Crippen LogP contribution in [-0.4, -0.2) is 26.1 Å². The van der Waals surface area contributed by atoms with Crippen molar-refractivity contribution in [3.8, 4) is 5.75 Å². The first-order valence-electron chi connectivity index (χ1n) is 8.13.